The number of ether oxygens (including phenoxy) is 1. The maximum absolute atomic E-state index is 12.7. The van der Waals surface area contributed by atoms with Crippen LogP contribution in [0.15, 0.2) is 6.07 Å². The molecule has 1 aromatic carbocycles. The lowest BCUT2D eigenvalue weighted by Crippen LogP contribution is -2.36. The lowest BCUT2D eigenvalue weighted by molar-refractivity contribution is -0.142. The van der Waals surface area contributed by atoms with Crippen molar-refractivity contribution in [2.75, 3.05) is 0 Å². The van der Waals surface area contributed by atoms with Gasteiger partial charge >= 0.3 is 5.97 Å². The third-order valence-electron chi connectivity index (χ3n) is 6.11. The predicted molar refractivity (Wildman–Crippen MR) is 117 cm³/mol. The third kappa shape index (κ3) is 4.32. The normalized spacial score (nSPS) is 21.9. The number of benzene rings is 1. The van der Waals surface area contributed by atoms with Crippen LogP contribution in [-0.2, 0) is 16.6 Å². The molecule has 2 atom stereocenters. The van der Waals surface area contributed by atoms with E-state index in [0.29, 0.717) is 0 Å². The summed E-state index contributed by atoms with van der Waals surface area (Å²) in [7, 11) is -0.893. The van der Waals surface area contributed by atoms with E-state index < -0.39 is 9.04 Å². The summed E-state index contributed by atoms with van der Waals surface area (Å²) in [5, 5.41) is 0. The summed E-state index contributed by atoms with van der Waals surface area (Å²) < 4.78 is 12.5. The zero-order chi connectivity index (χ0) is 20.5. The average Bonchev–Trinajstić information content (AvgIpc) is 2.61. The van der Waals surface area contributed by atoms with Gasteiger partial charge in [-0.25, -0.2) is 0 Å². The molecule has 4 heteroatoms. The molecule has 2 unspecified atom stereocenters. The van der Waals surface area contributed by atoms with Crippen LogP contribution < -0.4 is 9.16 Å². The number of fused-ring (bicyclic) bond motifs is 3. The molecule has 28 heavy (non-hydrogen) atoms. The molecule has 0 amide bonds. The second-order valence-corrected chi connectivity index (χ2v) is 11.8. The number of carbonyl (C=O) groups is 1. The largest absolute Gasteiger partial charge is 0.542 e. The van der Waals surface area contributed by atoms with Crippen LogP contribution in [-0.4, -0.2) is 15.0 Å². The van der Waals surface area contributed by atoms with Crippen LogP contribution in [0.5, 0.6) is 11.5 Å². The van der Waals surface area contributed by atoms with Crippen molar-refractivity contribution in [3.05, 3.63) is 22.8 Å². The van der Waals surface area contributed by atoms with Crippen molar-refractivity contribution in [1.29, 1.82) is 0 Å². The predicted octanol–water partition coefficient (Wildman–Crippen LogP) is 6.54. The molecule has 155 valence electrons. The summed E-state index contributed by atoms with van der Waals surface area (Å²) in [6.07, 6.45) is 8.90. The Morgan fingerprint density at radius 3 is 2.43 bits per heavy atom. The van der Waals surface area contributed by atoms with Gasteiger partial charge in [0.05, 0.1) is 5.92 Å². The highest BCUT2D eigenvalue weighted by Gasteiger charge is 2.43. The van der Waals surface area contributed by atoms with Crippen molar-refractivity contribution >= 4 is 15.0 Å². The van der Waals surface area contributed by atoms with Crippen molar-refractivity contribution in [2.24, 2.45) is 5.92 Å². The summed E-state index contributed by atoms with van der Waals surface area (Å²) in [6.45, 7) is 13.5. The highest BCUT2D eigenvalue weighted by atomic mass is 28.3. The third-order valence-corrected chi connectivity index (χ3v) is 6.73. The fourth-order valence-electron chi connectivity index (χ4n) is 4.92. The van der Waals surface area contributed by atoms with Crippen molar-refractivity contribution in [1.82, 2.24) is 0 Å². The van der Waals surface area contributed by atoms with E-state index >= 15 is 0 Å². The molecule has 1 aliphatic heterocycles. The van der Waals surface area contributed by atoms with E-state index in [1.54, 1.807) is 0 Å². The topological polar surface area (TPSA) is 35.5 Å². The molecule has 0 N–H and O–H groups in total. The SMILES string of the molecule is CCCCCc1cc2c(c(C(C)(C)C)c1O[Si](C)C)C1CCCCC1C(=O)O2. The number of rotatable bonds is 6. The number of carbonyl (C=O) groups excluding carboxylic acids is 1. The molecule has 1 saturated carbocycles. The van der Waals surface area contributed by atoms with Gasteiger partial charge in [-0.1, -0.05) is 53.4 Å². The lowest BCUT2D eigenvalue weighted by Gasteiger charge is -2.40. The molecule has 3 rings (SSSR count). The van der Waals surface area contributed by atoms with Crippen molar-refractivity contribution < 1.29 is 14.0 Å². The average molecular weight is 402 g/mol. The molecule has 0 spiro atoms. The van der Waals surface area contributed by atoms with Gasteiger partial charge in [-0.2, -0.15) is 0 Å². The van der Waals surface area contributed by atoms with Gasteiger partial charge in [0.1, 0.15) is 11.5 Å². The quantitative estimate of drug-likeness (QED) is 0.235. The molecule has 2 aliphatic rings. The summed E-state index contributed by atoms with van der Waals surface area (Å²) in [6, 6.07) is 2.14. The van der Waals surface area contributed by atoms with E-state index in [1.807, 2.05) is 0 Å². The van der Waals surface area contributed by atoms with Crippen LogP contribution in [0.4, 0.5) is 0 Å². The Labute approximate surface area is 172 Å². The standard InChI is InChI=1S/C24H37O3Si/c1-7-8-9-12-16-15-19-20(17-13-10-11-14-18(17)23(25)26-19)21(24(2,3)4)22(16)27-28(5)6/h15,17-18H,7-14H2,1-6H3. The van der Waals surface area contributed by atoms with Crippen LogP contribution in [0.25, 0.3) is 0 Å². The van der Waals surface area contributed by atoms with Gasteiger partial charge < -0.3 is 9.16 Å². The minimum atomic E-state index is -0.893. The second-order valence-electron chi connectivity index (χ2n) is 9.79. The molecule has 0 aromatic heterocycles. The smallest absolute Gasteiger partial charge is 0.314 e. The Balaban J connectivity index is 2.20. The summed E-state index contributed by atoms with van der Waals surface area (Å²) in [5.74, 6) is 2.22. The Morgan fingerprint density at radius 2 is 1.82 bits per heavy atom. The number of aryl methyl sites for hydroxylation is 1. The highest BCUT2D eigenvalue weighted by Crippen LogP contribution is 2.53. The first-order valence-corrected chi connectivity index (χ1v) is 13.5. The monoisotopic (exact) mass is 401 g/mol. The van der Waals surface area contributed by atoms with Gasteiger partial charge in [0.2, 0.25) is 0 Å². The fraction of sp³-hybridized carbons (Fsp3) is 0.708. The molecule has 1 heterocycles. The Hall–Kier alpha value is -1.29. The van der Waals surface area contributed by atoms with Crippen LogP contribution in [0, 0.1) is 5.92 Å². The zero-order valence-electron chi connectivity index (χ0n) is 18.6. The van der Waals surface area contributed by atoms with Gasteiger partial charge in [0, 0.05) is 17.0 Å². The fourth-order valence-corrected chi connectivity index (χ4v) is 5.56. The highest BCUT2D eigenvalue weighted by molar-refractivity contribution is 6.49. The van der Waals surface area contributed by atoms with Gasteiger partial charge in [-0.05, 0) is 55.8 Å². The molecular weight excluding hydrogens is 364 g/mol. The number of esters is 1. The van der Waals surface area contributed by atoms with E-state index in [0.717, 1.165) is 43.6 Å². The molecule has 1 aliphatic carbocycles. The number of hydrogen-bond acceptors (Lipinski definition) is 3. The van der Waals surface area contributed by atoms with Crippen LogP contribution >= 0.6 is 0 Å². The first kappa shape index (κ1) is 21.4. The first-order chi connectivity index (χ1) is 13.2. The Morgan fingerprint density at radius 1 is 1.14 bits per heavy atom. The molecule has 0 bridgehead atoms. The van der Waals surface area contributed by atoms with Gasteiger partial charge in [0.15, 0.2) is 0 Å². The van der Waals surface area contributed by atoms with E-state index in [4.69, 9.17) is 9.16 Å². The van der Waals surface area contributed by atoms with Gasteiger partial charge in [-0.15, -0.1) is 0 Å². The number of unbranched alkanes of at least 4 members (excludes halogenated alkanes) is 2. The second kappa shape index (κ2) is 8.60. The Bertz CT molecular complexity index is 718. The van der Waals surface area contributed by atoms with Crippen molar-refractivity contribution in [3.63, 3.8) is 0 Å². The van der Waals surface area contributed by atoms with Crippen molar-refractivity contribution in [3.8, 4) is 11.5 Å². The lowest BCUT2D eigenvalue weighted by atomic mass is 9.68. The molecule has 1 radical (unpaired) electrons. The zero-order valence-corrected chi connectivity index (χ0v) is 19.6. The van der Waals surface area contributed by atoms with Crippen LogP contribution in [0.2, 0.25) is 13.1 Å². The molecule has 0 saturated heterocycles. The van der Waals surface area contributed by atoms with E-state index in [-0.39, 0.29) is 23.2 Å². The van der Waals surface area contributed by atoms with Crippen molar-refractivity contribution in [2.45, 2.75) is 103 Å². The molecule has 3 nitrogen and oxygen atoms in total. The molecular formula is C24H37O3Si. The Kier molecular flexibility index (Phi) is 6.58. The summed E-state index contributed by atoms with van der Waals surface area (Å²) in [5.41, 5.74) is 3.75. The maximum Gasteiger partial charge on any atom is 0.314 e. The van der Waals surface area contributed by atoms with E-state index in [9.17, 15) is 4.79 Å². The molecule has 1 aromatic rings. The maximum atomic E-state index is 12.7. The number of hydrogen-bond donors (Lipinski definition) is 0. The minimum absolute atomic E-state index is 0.0130. The first-order valence-electron chi connectivity index (χ1n) is 11.1. The van der Waals surface area contributed by atoms with E-state index in [2.05, 4.69) is 46.9 Å². The molecule has 1 fully saturated rings. The van der Waals surface area contributed by atoms with Gasteiger partial charge in [0.25, 0.3) is 9.04 Å². The minimum Gasteiger partial charge on any atom is -0.542 e. The van der Waals surface area contributed by atoms with Crippen LogP contribution in [0.1, 0.15) is 95.2 Å². The summed E-state index contributed by atoms with van der Waals surface area (Å²) in [4.78, 5) is 12.7. The van der Waals surface area contributed by atoms with Gasteiger partial charge in [-0.3, -0.25) is 4.79 Å². The van der Waals surface area contributed by atoms with Crippen LogP contribution in [0.3, 0.4) is 0 Å². The summed E-state index contributed by atoms with van der Waals surface area (Å²) >= 11 is 0. The van der Waals surface area contributed by atoms with E-state index in [1.165, 1.54) is 36.0 Å².